The Labute approximate surface area is 71.4 Å². The Kier molecular flexibility index (Phi) is 2.98. The Morgan fingerprint density at radius 1 is 1.27 bits per heavy atom. The zero-order valence-electron chi connectivity index (χ0n) is 8.32. The Hall–Kier alpha value is 0. The van der Waals surface area contributed by atoms with E-state index in [1.165, 1.54) is 38.5 Å². The summed E-state index contributed by atoms with van der Waals surface area (Å²) in [5, 5.41) is 0. The second kappa shape index (κ2) is 3.60. The lowest BCUT2D eigenvalue weighted by atomic mass is 9.97. The van der Waals surface area contributed by atoms with Gasteiger partial charge < -0.3 is 0 Å². The molecule has 0 spiro atoms. The summed E-state index contributed by atoms with van der Waals surface area (Å²) in [6.45, 7) is 7.08. The van der Waals surface area contributed by atoms with Gasteiger partial charge in [0.05, 0.1) is 0 Å². The molecule has 66 valence electrons. The van der Waals surface area contributed by atoms with Crippen molar-refractivity contribution in [1.29, 1.82) is 0 Å². The van der Waals surface area contributed by atoms with E-state index in [2.05, 4.69) is 20.8 Å². The summed E-state index contributed by atoms with van der Waals surface area (Å²) in [7, 11) is 0. The molecule has 0 nitrogen and oxygen atoms in total. The maximum Gasteiger partial charge on any atom is -0.0295 e. The third-order valence-electron chi connectivity index (χ3n) is 3.38. The van der Waals surface area contributed by atoms with E-state index < -0.39 is 0 Å². The van der Waals surface area contributed by atoms with E-state index in [1.807, 2.05) is 0 Å². The molecule has 0 heterocycles. The number of hydrogen-bond donors (Lipinski definition) is 0. The highest BCUT2D eigenvalue weighted by atomic mass is 14.5. The SMILES string of the molecule is CCCCCC1(C)CC1CC. The van der Waals surface area contributed by atoms with Crippen LogP contribution in [-0.4, -0.2) is 0 Å². The lowest BCUT2D eigenvalue weighted by Crippen LogP contribution is -1.97. The standard InChI is InChI=1S/C11H22/c1-4-6-7-8-11(3)9-10(11)5-2/h10H,4-9H2,1-3H3. The zero-order chi connectivity index (χ0) is 8.32. The molecule has 2 atom stereocenters. The van der Waals surface area contributed by atoms with Crippen molar-refractivity contribution in [2.24, 2.45) is 11.3 Å². The molecule has 1 aliphatic carbocycles. The topological polar surface area (TPSA) is 0 Å². The summed E-state index contributed by atoms with van der Waals surface area (Å²) in [6.07, 6.45) is 8.66. The fourth-order valence-corrected chi connectivity index (χ4v) is 2.23. The van der Waals surface area contributed by atoms with Crippen molar-refractivity contribution >= 4 is 0 Å². The highest BCUT2D eigenvalue weighted by Gasteiger charge is 2.47. The van der Waals surface area contributed by atoms with Gasteiger partial charge in [0.25, 0.3) is 0 Å². The first-order valence-electron chi connectivity index (χ1n) is 5.23. The van der Waals surface area contributed by atoms with Crippen LogP contribution < -0.4 is 0 Å². The van der Waals surface area contributed by atoms with Gasteiger partial charge in [0.2, 0.25) is 0 Å². The maximum absolute atomic E-state index is 2.47. The first-order valence-corrected chi connectivity index (χ1v) is 5.23. The highest BCUT2D eigenvalue weighted by Crippen LogP contribution is 2.57. The molecule has 0 radical (unpaired) electrons. The average Bonchev–Trinajstić information content (AvgIpc) is 2.63. The van der Waals surface area contributed by atoms with Crippen molar-refractivity contribution in [3.8, 4) is 0 Å². The van der Waals surface area contributed by atoms with Gasteiger partial charge in [-0.05, 0) is 24.2 Å². The van der Waals surface area contributed by atoms with Gasteiger partial charge in [-0.2, -0.15) is 0 Å². The monoisotopic (exact) mass is 154 g/mol. The van der Waals surface area contributed by atoms with Crippen LogP contribution in [0.3, 0.4) is 0 Å². The van der Waals surface area contributed by atoms with Gasteiger partial charge >= 0.3 is 0 Å². The van der Waals surface area contributed by atoms with Crippen LogP contribution in [0.4, 0.5) is 0 Å². The van der Waals surface area contributed by atoms with E-state index in [9.17, 15) is 0 Å². The smallest absolute Gasteiger partial charge is 0.0295 e. The predicted octanol–water partition coefficient (Wildman–Crippen LogP) is 4.00. The molecule has 0 aromatic carbocycles. The highest BCUT2D eigenvalue weighted by molar-refractivity contribution is 4.97. The van der Waals surface area contributed by atoms with Gasteiger partial charge in [-0.15, -0.1) is 0 Å². The van der Waals surface area contributed by atoms with Crippen LogP contribution in [0.5, 0.6) is 0 Å². The van der Waals surface area contributed by atoms with Crippen molar-refractivity contribution in [3.05, 3.63) is 0 Å². The summed E-state index contributed by atoms with van der Waals surface area (Å²) in [5.74, 6) is 1.07. The number of hydrogen-bond acceptors (Lipinski definition) is 0. The van der Waals surface area contributed by atoms with Crippen molar-refractivity contribution < 1.29 is 0 Å². The summed E-state index contributed by atoms with van der Waals surface area (Å²) in [4.78, 5) is 0. The lowest BCUT2D eigenvalue weighted by Gasteiger charge is -2.08. The molecule has 1 rings (SSSR count). The van der Waals surface area contributed by atoms with Crippen LogP contribution in [-0.2, 0) is 0 Å². The van der Waals surface area contributed by atoms with E-state index in [1.54, 1.807) is 0 Å². The number of rotatable bonds is 5. The molecule has 0 heteroatoms. The second-order valence-electron chi connectivity index (χ2n) is 4.42. The fourth-order valence-electron chi connectivity index (χ4n) is 2.23. The lowest BCUT2D eigenvalue weighted by molar-refractivity contribution is 0.430. The molecule has 2 unspecified atom stereocenters. The third kappa shape index (κ3) is 2.21. The largest absolute Gasteiger partial charge is 0.0654 e. The van der Waals surface area contributed by atoms with Gasteiger partial charge in [-0.25, -0.2) is 0 Å². The second-order valence-corrected chi connectivity index (χ2v) is 4.42. The molecule has 1 aliphatic rings. The molecule has 1 fully saturated rings. The predicted molar refractivity (Wildman–Crippen MR) is 50.6 cm³/mol. The van der Waals surface area contributed by atoms with Gasteiger partial charge in [0.15, 0.2) is 0 Å². The molecule has 0 N–H and O–H groups in total. The van der Waals surface area contributed by atoms with Crippen LogP contribution in [0.25, 0.3) is 0 Å². The van der Waals surface area contributed by atoms with Crippen molar-refractivity contribution in [3.63, 3.8) is 0 Å². The molecule has 0 amide bonds. The van der Waals surface area contributed by atoms with Crippen LogP contribution >= 0.6 is 0 Å². The first kappa shape index (κ1) is 9.09. The molecular formula is C11H22. The van der Waals surface area contributed by atoms with E-state index in [-0.39, 0.29) is 0 Å². The van der Waals surface area contributed by atoms with Crippen LogP contribution in [0.2, 0.25) is 0 Å². The van der Waals surface area contributed by atoms with Crippen LogP contribution in [0.1, 0.15) is 59.3 Å². The molecule has 1 saturated carbocycles. The molecule has 11 heavy (non-hydrogen) atoms. The van der Waals surface area contributed by atoms with Gasteiger partial charge in [-0.1, -0.05) is 46.5 Å². The average molecular weight is 154 g/mol. The minimum Gasteiger partial charge on any atom is -0.0654 e. The fraction of sp³-hybridized carbons (Fsp3) is 1.00. The van der Waals surface area contributed by atoms with Crippen molar-refractivity contribution in [1.82, 2.24) is 0 Å². The summed E-state index contributed by atoms with van der Waals surface area (Å²) in [6, 6.07) is 0. The van der Waals surface area contributed by atoms with Gasteiger partial charge in [0, 0.05) is 0 Å². The van der Waals surface area contributed by atoms with Gasteiger partial charge in [0.1, 0.15) is 0 Å². The quantitative estimate of drug-likeness (QED) is 0.525. The Morgan fingerprint density at radius 2 is 2.00 bits per heavy atom. The van der Waals surface area contributed by atoms with Crippen molar-refractivity contribution in [2.45, 2.75) is 59.3 Å². The Balaban J connectivity index is 2.08. The van der Waals surface area contributed by atoms with E-state index >= 15 is 0 Å². The summed E-state index contributed by atoms with van der Waals surface area (Å²) in [5.41, 5.74) is 0.768. The van der Waals surface area contributed by atoms with Crippen molar-refractivity contribution in [2.75, 3.05) is 0 Å². The number of unbranched alkanes of at least 4 members (excludes halogenated alkanes) is 2. The van der Waals surface area contributed by atoms with Crippen LogP contribution in [0.15, 0.2) is 0 Å². The Bertz CT molecular complexity index is 117. The molecule has 0 aliphatic heterocycles. The third-order valence-corrected chi connectivity index (χ3v) is 3.38. The zero-order valence-corrected chi connectivity index (χ0v) is 8.32. The Morgan fingerprint density at radius 3 is 2.45 bits per heavy atom. The van der Waals surface area contributed by atoms with E-state index in [4.69, 9.17) is 0 Å². The van der Waals surface area contributed by atoms with E-state index in [0.717, 1.165) is 11.3 Å². The summed E-state index contributed by atoms with van der Waals surface area (Å²) < 4.78 is 0. The summed E-state index contributed by atoms with van der Waals surface area (Å²) >= 11 is 0. The normalized spacial score (nSPS) is 35.7. The van der Waals surface area contributed by atoms with E-state index in [0.29, 0.717) is 0 Å². The van der Waals surface area contributed by atoms with Crippen LogP contribution in [0, 0.1) is 11.3 Å². The molecular weight excluding hydrogens is 132 g/mol. The molecule has 0 bridgehead atoms. The maximum atomic E-state index is 2.47. The van der Waals surface area contributed by atoms with Gasteiger partial charge in [-0.3, -0.25) is 0 Å². The first-order chi connectivity index (χ1) is 5.23. The molecule has 0 saturated heterocycles. The molecule has 0 aromatic heterocycles. The molecule has 0 aromatic rings. The minimum atomic E-state index is 0.768. The minimum absolute atomic E-state index is 0.768.